The van der Waals surface area contributed by atoms with Crippen molar-refractivity contribution in [1.82, 2.24) is 15.6 Å². The third-order valence-electron chi connectivity index (χ3n) is 4.63. The fourth-order valence-electron chi connectivity index (χ4n) is 3.45. The number of thiazole rings is 1. The first-order chi connectivity index (χ1) is 12.2. The van der Waals surface area contributed by atoms with Gasteiger partial charge < -0.3 is 15.4 Å². The smallest absolute Gasteiger partial charge is 0.191 e. The second-order valence-corrected chi connectivity index (χ2v) is 7.95. The summed E-state index contributed by atoms with van der Waals surface area (Å²) in [6.45, 7) is 9.64. The number of aromatic nitrogens is 1. The van der Waals surface area contributed by atoms with Crippen LogP contribution in [0, 0.1) is 12.8 Å². The Morgan fingerprint density at radius 1 is 1.36 bits per heavy atom. The average molecular weight is 367 g/mol. The molecule has 0 saturated heterocycles. The lowest BCUT2D eigenvalue weighted by atomic mass is 9.98. The van der Waals surface area contributed by atoms with Crippen molar-refractivity contribution in [3.63, 3.8) is 0 Å². The van der Waals surface area contributed by atoms with Crippen LogP contribution in [0.15, 0.2) is 11.2 Å². The van der Waals surface area contributed by atoms with E-state index in [-0.39, 0.29) is 0 Å². The number of guanidine groups is 1. The minimum absolute atomic E-state index is 0.373. The Balaban J connectivity index is 1.76. The van der Waals surface area contributed by atoms with Crippen molar-refractivity contribution >= 4 is 17.3 Å². The molecular weight excluding hydrogens is 332 g/mol. The zero-order chi connectivity index (χ0) is 17.9. The largest absolute Gasteiger partial charge is 0.378 e. The van der Waals surface area contributed by atoms with E-state index in [4.69, 9.17) is 9.73 Å². The van der Waals surface area contributed by atoms with Crippen LogP contribution in [0.1, 0.15) is 55.8 Å². The van der Waals surface area contributed by atoms with Gasteiger partial charge in [0.25, 0.3) is 0 Å². The fraction of sp³-hybridized carbons (Fsp3) is 0.789. The van der Waals surface area contributed by atoms with Crippen LogP contribution in [0.25, 0.3) is 0 Å². The minimum Gasteiger partial charge on any atom is -0.378 e. The van der Waals surface area contributed by atoms with Gasteiger partial charge in [-0.15, -0.1) is 11.3 Å². The van der Waals surface area contributed by atoms with E-state index in [1.807, 2.05) is 6.20 Å². The Kier molecular flexibility index (Phi) is 9.26. The highest BCUT2D eigenvalue weighted by molar-refractivity contribution is 7.11. The van der Waals surface area contributed by atoms with E-state index in [0.29, 0.717) is 6.10 Å². The summed E-state index contributed by atoms with van der Waals surface area (Å²) in [4.78, 5) is 10.4. The summed E-state index contributed by atoms with van der Waals surface area (Å²) in [5.74, 6) is 1.64. The highest BCUT2D eigenvalue weighted by atomic mass is 32.1. The van der Waals surface area contributed by atoms with Crippen LogP contribution in [0.5, 0.6) is 0 Å². The summed E-state index contributed by atoms with van der Waals surface area (Å²) in [6.07, 6.45) is 9.62. The minimum atomic E-state index is 0.373. The molecule has 0 radical (unpaired) electrons. The first-order valence-electron chi connectivity index (χ1n) is 9.78. The average Bonchev–Trinajstić information content (AvgIpc) is 3.26. The maximum atomic E-state index is 5.99. The molecule has 1 unspecified atom stereocenters. The van der Waals surface area contributed by atoms with Crippen molar-refractivity contribution in [3.8, 4) is 0 Å². The molecule has 0 spiro atoms. The van der Waals surface area contributed by atoms with E-state index in [0.717, 1.165) is 51.0 Å². The molecule has 1 fully saturated rings. The van der Waals surface area contributed by atoms with Crippen LogP contribution in [0.2, 0.25) is 0 Å². The molecule has 2 N–H and O–H groups in total. The second kappa shape index (κ2) is 11.5. The van der Waals surface area contributed by atoms with E-state index in [2.05, 4.69) is 36.4 Å². The predicted molar refractivity (Wildman–Crippen MR) is 107 cm³/mol. The number of rotatable bonds is 10. The first-order valence-corrected chi connectivity index (χ1v) is 10.6. The van der Waals surface area contributed by atoms with Gasteiger partial charge in [-0.05, 0) is 46.0 Å². The van der Waals surface area contributed by atoms with Crippen LogP contribution < -0.4 is 10.6 Å². The molecule has 1 aromatic rings. The Bertz CT molecular complexity index is 511. The quantitative estimate of drug-likeness (QED) is 0.491. The molecule has 0 amide bonds. The van der Waals surface area contributed by atoms with Crippen molar-refractivity contribution in [2.75, 3.05) is 26.2 Å². The van der Waals surface area contributed by atoms with Crippen molar-refractivity contribution in [2.24, 2.45) is 10.9 Å². The van der Waals surface area contributed by atoms with Gasteiger partial charge in [-0.25, -0.2) is 4.98 Å². The summed E-state index contributed by atoms with van der Waals surface area (Å²) in [5.41, 5.74) is 0. The predicted octanol–water partition coefficient (Wildman–Crippen LogP) is 3.53. The number of aliphatic imine (C=N–C) groups is 1. The third kappa shape index (κ3) is 7.32. The summed E-state index contributed by atoms with van der Waals surface area (Å²) in [7, 11) is 0. The molecule has 6 heteroatoms. The Labute approximate surface area is 156 Å². The molecule has 0 aromatic carbocycles. The van der Waals surface area contributed by atoms with E-state index in [9.17, 15) is 0 Å². The number of ether oxygens (including phenoxy) is 1. The van der Waals surface area contributed by atoms with Crippen molar-refractivity contribution in [1.29, 1.82) is 0 Å². The zero-order valence-electron chi connectivity index (χ0n) is 16.0. The molecule has 0 aliphatic heterocycles. The van der Waals surface area contributed by atoms with E-state index >= 15 is 0 Å². The summed E-state index contributed by atoms with van der Waals surface area (Å²) in [5, 5.41) is 7.93. The van der Waals surface area contributed by atoms with Gasteiger partial charge in [0, 0.05) is 43.7 Å². The lowest BCUT2D eigenvalue weighted by molar-refractivity contribution is 0.0177. The molecular formula is C19H34N4OS. The van der Waals surface area contributed by atoms with Crippen LogP contribution >= 0.6 is 11.3 Å². The number of nitrogens with zero attached hydrogens (tertiary/aromatic N) is 2. The highest BCUT2D eigenvalue weighted by Crippen LogP contribution is 2.30. The van der Waals surface area contributed by atoms with E-state index < -0.39 is 0 Å². The number of hydrogen-bond donors (Lipinski definition) is 2. The molecule has 25 heavy (non-hydrogen) atoms. The molecule has 0 bridgehead atoms. The van der Waals surface area contributed by atoms with Gasteiger partial charge in [0.1, 0.15) is 0 Å². The first kappa shape index (κ1) is 20.2. The van der Waals surface area contributed by atoms with Gasteiger partial charge in [0.2, 0.25) is 0 Å². The summed E-state index contributed by atoms with van der Waals surface area (Å²) >= 11 is 1.77. The van der Waals surface area contributed by atoms with E-state index in [1.54, 1.807) is 11.3 Å². The SMILES string of the molecule is CCNC(=NCCC(OCC)C1CCCC1)NCCc1ncc(C)s1. The number of aryl methyl sites for hydroxylation is 1. The molecule has 1 aliphatic carbocycles. The number of hydrogen-bond acceptors (Lipinski definition) is 4. The highest BCUT2D eigenvalue weighted by Gasteiger charge is 2.24. The normalized spacial score (nSPS) is 17.0. The van der Waals surface area contributed by atoms with Gasteiger partial charge in [-0.2, -0.15) is 0 Å². The molecule has 142 valence electrons. The fourth-order valence-corrected chi connectivity index (χ4v) is 4.24. The van der Waals surface area contributed by atoms with E-state index in [1.165, 1.54) is 35.6 Å². The molecule has 1 saturated carbocycles. The second-order valence-electron chi connectivity index (χ2n) is 6.63. The Morgan fingerprint density at radius 2 is 2.16 bits per heavy atom. The topological polar surface area (TPSA) is 58.5 Å². The summed E-state index contributed by atoms with van der Waals surface area (Å²) < 4.78 is 5.99. The number of nitrogens with one attached hydrogen (secondary N) is 2. The lowest BCUT2D eigenvalue weighted by Crippen LogP contribution is -2.38. The molecule has 1 aliphatic rings. The monoisotopic (exact) mass is 366 g/mol. The van der Waals surface area contributed by atoms with Crippen LogP contribution in [-0.4, -0.2) is 43.3 Å². The van der Waals surface area contributed by atoms with Crippen molar-refractivity contribution < 1.29 is 4.74 Å². The maximum Gasteiger partial charge on any atom is 0.191 e. The summed E-state index contributed by atoms with van der Waals surface area (Å²) in [6, 6.07) is 0. The van der Waals surface area contributed by atoms with Crippen LogP contribution in [0.4, 0.5) is 0 Å². The van der Waals surface area contributed by atoms with Gasteiger partial charge >= 0.3 is 0 Å². The van der Waals surface area contributed by atoms with Gasteiger partial charge in [0.15, 0.2) is 5.96 Å². The van der Waals surface area contributed by atoms with Crippen LogP contribution in [-0.2, 0) is 11.2 Å². The molecule has 1 atom stereocenters. The molecule has 5 nitrogen and oxygen atoms in total. The Morgan fingerprint density at radius 3 is 2.80 bits per heavy atom. The standard InChI is InChI=1S/C19H34N4OS/c1-4-20-19(22-13-11-18-23-14-15(3)25-18)21-12-10-17(24-5-2)16-8-6-7-9-16/h14,16-17H,4-13H2,1-3H3,(H2,20,21,22). The van der Waals surface area contributed by atoms with Crippen LogP contribution in [0.3, 0.4) is 0 Å². The lowest BCUT2D eigenvalue weighted by Gasteiger charge is -2.22. The van der Waals surface area contributed by atoms with Gasteiger partial charge in [-0.1, -0.05) is 12.8 Å². The van der Waals surface area contributed by atoms with Crippen molar-refractivity contribution in [3.05, 3.63) is 16.1 Å². The maximum absolute atomic E-state index is 5.99. The molecule has 2 rings (SSSR count). The zero-order valence-corrected chi connectivity index (χ0v) is 16.8. The molecule has 1 heterocycles. The Hall–Kier alpha value is -1.14. The molecule has 1 aromatic heterocycles. The van der Waals surface area contributed by atoms with Gasteiger partial charge in [0.05, 0.1) is 11.1 Å². The third-order valence-corrected chi connectivity index (χ3v) is 5.61. The van der Waals surface area contributed by atoms with Gasteiger partial charge in [-0.3, -0.25) is 4.99 Å². The van der Waals surface area contributed by atoms with Crippen molar-refractivity contribution in [2.45, 2.75) is 65.4 Å².